The molecule has 0 aliphatic carbocycles. The van der Waals surface area contributed by atoms with E-state index in [0.29, 0.717) is 0 Å². The van der Waals surface area contributed by atoms with Crippen LogP contribution >= 0.6 is 45.3 Å². The summed E-state index contributed by atoms with van der Waals surface area (Å²) in [4.78, 5) is 6.39. The van der Waals surface area contributed by atoms with Gasteiger partial charge < -0.3 is 0 Å². The summed E-state index contributed by atoms with van der Waals surface area (Å²) in [6.45, 7) is 24.3. The molecule has 4 heterocycles. The molecule has 0 saturated heterocycles. The molecule has 4 aromatic heterocycles. The van der Waals surface area contributed by atoms with Crippen LogP contribution in [0.25, 0.3) is 41.1 Å². The molecular weight excluding hydrogens is 1060 g/mol. The Morgan fingerprint density at radius 3 is 0.984 bits per heavy atom. The second kappa shape index (κ2) is 28.7. The molecule has 2 unspecified atom stereocenters. The van der Waals surface area contributed by atoms with Crippen LogP contribution in [-0.4, -0.2) is 36.8 Å². The van der Waals surface area contributed by atoms with Gasteiger partial charge in [0.2, 0.25) is 0 Å². The quantitative estimate of drug-likeness (QED) is 0.0360. The standard InChI is InChI=1S/C34H40S4.6C4H9.2Sn/c1-5-9-11-23(7-3)21-25-13-15-29(37-25)31-27-17-19-36-34(27)32(28-18-20-35-33(28)31)30-16-14-26(38-30)22-24(8-4)12-10-6-2;6*1-3-4-2;;/h13-18,23-24H,5-12,21-22H2,1-4H3;6*1,3-4H2,2H3;;. The van der Waals surface area contributed by atoms with Crippen LogP contribution in [0.15, 0.2) is 36.4 Å². The van der Waals surface area contributed by atoms with E-state index in [0.717, 1.165) is 11.8 Å². The fourth-order valence-corrected chi connectivity index (χ4v) is 54.3. The van der Waals surface area contributed by atoms with Gasteiger partial charge >= 0.3 is 410 Å². The third-order valence-corrected chi connectivity index (χ3v) is 56.4. The number of rotatable bonds is 34. The molecule has 5 aromatic rings. The van der Waals surface area contributed by atoms with E-state index < -0.39 is 36.8 Å². The van der Waals surface area contributed by atoms with Crippen LogP contribution in [0, 0.1) is 11.8 Å². The first kappa shape index (κ1) is 55.1. The van der Waals surface area contributed by atoms with Crippen LogP contribution in [-0.2, 0) is 12.8 Å². The van der Waals surface area contributed by atoms with E-state index in [9.17, 15) is 0 Å². The van der Waals surface area contributed by atoms with Gasteiger partial charge in [-0.1, -0.05) is 13.8 Å². The normalized spacial score (nSPS) is 13.5. The van der Waals surface area contributed by atoms with Crippen molar-refractivity contribution in [1.29, 1.82) is 0 Å². The Hall–Kier alpha value is 0.137. The van der Waals surface area contributed by atoms with Crippen LogP contribution in [0.3, 0.4) is 0 Å². The molecule has 0 amide bonds. The molecule has 0 spiro atoms. The summed E-state index contributed by atoms with van der Waals surface area (Å²) in [5.41, 5.74) is 3.30. The van der Waals surface area contributed by atoms with E-state index in [1.54, 1.807) is 77.4 Å². The molecule has 0 aliphatic rings. The van der Waals surface area contributed by atoms with Crippen molar-refractivity contribution >= 4 is 108 Å². The Morgan fingerprint density at radius 1 is 0.391 bits per heavy atom. The molecule has 0 saturated carbocycles. The number of hydrogen-bond donors (Lipinski definition) is 0. The minimum absolute atomic E-state index is 0.799. The zero-order valence-corrected chi connectivity index (χ0v) is 52.0. The maximum absolute atomic E-state index is 2.93. The van der Waals surface area contributed by atoms with Gasteiger partial charge in [0.25, 0.3) is 0 Å². The van der Waals surface area contributed by atoms with Crippen molar-refractivity contribution in [1.82, 2.24) is 0 Å². The monoisotopic (exact) mass is 1160 g/mol. The van der Waals surface area contributed by atoms with Crippen LogP contribution in [0.5, 0.6) is 0 Å². The number of hydrogen-bond acceptors (Lipinski definition) is 4. The summed E-state index contributed by atoms with van der Waals surface area (Å²) >= 11 is 3.54. The SMILES string of the molecule is CCCCC(CC)Cc1ccc(-c2c3c[c]([Sn]([CH2]CCC)([CH2]CCC)[CH2]CCC)sc3c(-c3ccc(CC(CC)CCCC)s3)c3c[c]([Sn]([CH2]CCC)([CH2]CCC)[CH2]CCC)sc23)s1. The Labute approximate surface area is 419 Å². The molecule has 1 aromatic carbocycles. The minimum atomic E-state index is -2.76. The average molecular weight is 1160 g/mol. The zero-order chi connectivity index (χ0) is 46.0. The molecule has 0 fully saturated rings. The summed E-state index contributed by atoms with van der Waals surface area (Å²) in [7, 11) is 0. The fourth-order valence-electron chi connectivity index (χ4n) is 11.1. The maximum atomic E-state index is 2.93. The van der Waals surface area contributed by atoms with Gasteiger partial charge in [0.15, 0.2) is 0 Å². The van der Waals surface area contributed by atoms with Crippen LogP contribution in [0.1, 0.15) is 207 Å². The Morgan fingerprint density at radius 2 is 0.703 bits per heavy atom. The number of benzene rings is 1. The first-order valence-electron chi connectivity index (χ1n) is 27.5. The number of fused-ring (bicyclic) bond motifs is 2. The summed E-state index contributed by atoms with van der Waals surface area (Å²) in [5.74, 6) is 1.60. The molecule has 0 nitrogen and oxygen atoms in total. The van der Waals surface area contributed by atoms with Crippen molar-refractivity contribution in [3.8, 4) is 20.9 Å². The van der Waals surface area contributed by atoms with Crippen LogP contribution in [0.4, 0.5) is 0 Å². The van der Waals surface area contributed by atoms with E-state index in [1.165, 1.54) is 141 Å². The molecule has 2 atom stereocenters. The van der Waals surface area contributed by atoms with E-state index in [4.69, 9.17) is 0 Å². The van der Waals surface area contributed by atoms with Gasteiger partial charge in [0, 0.05) is 0 Å². The van der Waals surface area contributed by atoms with Gasteiger partial charge in [0.05, 0.1) is 0 Å². The first-order valence-corrected chi connectivity index (χ1v) is 45.7. The second-order valence-corrected chi connectivity index (χ2v) is 53.2. The van der Waals surface area contributed by atoms with Crippen LogP contribution in [0.2, 0.25) is 26.6 Å². The van der Waals surface area contributed by atoms with Crippen LogP contribution < -0.4 is 5.79 Å². The predicted molar refractivity (Wildman–Crippen MR) is 307 cm³/mol. The van der Waals surface area contributed by atoms with Crippen molar-refractivity contribution in [3.05, 3.63) is 46.2 Å². The fraction of sp³-hybridized carbons (Fsp3) is 0.690. The molecule has 6 heteroatoms. The molecule has 0 aliphatic heterocycles. The molecule has 358 valence electrons. The van der Waals surface area contributed by atoms with E-state index in [2.05, 4.69) is 151 Å². The van der Waals surface area contributed by atoms with Gasteiger partial charge in [-0.3, -0.25) is 0 Å². The Bertz CT molecular complexity index is 1820. The predicted octanol–water partition coefficient (Wildman–Crippen LogP) is 21.2. The number of thiophene rings is 4. The average Bonchev–Trinajstić information content (AvgIpc) is 4.16. The van der Waals surface area contributed by atoms with Crippen molar-refractivity contribution in [2.75, 3.05) is 0 Å². The molecule has 5 rings (SSSR count). The third kappa shape index (κ3) is 14.1. The summed E-state index contributed by atoms with van der Waals surface area (Å²) < 4.78 is 16.4. The van der Waals surface area contributed by atoms with Gasteiger partial charge in [0.1, 0.15) is 0 Å². The van der Waals surface area contributed by atoms with Gasteiger partial charge in [-0.2, -0.15) is 0 Å². The molecular formula is C58H94S4Sn2. The zero-order valence-electron chi connectivity index (χ0n) is 43.1. The first-order chi connectivity index (χ1) is 31.2. The topological polar surface area (TPSA) is 0 Å². The van der Waals surface area contributed by atoms with Crippen molar-refractivity contribution in [3.63, 3.8) is 0 Å². The van der Waals surface area contributed by atoms with Crippen molar-refractivity contribution in [2.45, 2.75) is 237 Å². The summed E-state index contributed by atoms with van der Waals surface area (Å²) in [6.07, 6.45) is 29.7. The van der Waals surface area contributed by atoms with Gasteiger partial charge in [-0.25, -0.2) is 0 Å². The van der Waals surface area contributed by atoms with Gasteiger partial charge in [-0.05, 0) is 0 Å². The Balaban J connectivity index is 1.89. The number of unbranched alkanes of at least 4 members (excludes halogenated alkanes) is 8. The van der Waals surface area contributed by atoms with E-state index >= 15 is 0 Å². The molecule has 0 radical (unpaired) electrons. The summed E-state index contributed by atoms with van der Waals surface area (Å²) in [6, 6.07) is 16.2. The molecule has 0 N–H and O–H groups in total. The Kier molecular flexibility index (Phi) is 24.7. The van der Waals surface area contributed by atoms with Gasteiger partial charge in [-0.15, -0.1) is 0 Å². The third-order valence-electron chi connectivity index (χ3n) is 15.4. The second-order valence-electron chi connectivity index (χ2n) is 20.4. The van der Waals surface area contributed by atoms with E-state index in [1.807, 2.05) is 5.79 Å². The van der Waals surface area contributed by atoms with E-state index in [-0.39, 0.29) is 0 Å². The van der Waals surface area contributed by atoms with Crippen molar-refractivity contribution in [2.24, 2.45) is 11.8 Å². The molecule has 64 heavy (non-hydrogen) atoms. The van der Waals surface area contributed by atoms with Crippen molar-refractivity contribution < 1.29 is 0 Å². The summed E-state index contributed by atoms with van der Waals surface area (Å²) in [5, 5.41) is 3.29. The molecule has 0 bridgehead atoms.